The molecule has 2 atom stereocenters. The fraction of sp³-hybridized carbons (Fsp3) is 0.172. The molecule has 212 valence electrons. The third kappa shape index (κ3) is 7.29. The molecule has 4 aromatic rings. The van der Waals surface area contributed by atoms with Gasteiger partial charge in [-0.2, -0.15) is 0 Å². The Morgan fingerprint density at radius 3 is 2.39 bits per heavy atom. The molecule has 0 radical (unpaired) electrons. The number of nitrogens with zero attached hydrogens (tertiary/aromatic N) is 1. The number of rotatable bonds is 10. The van der Waals surface area contributed by atoms with Gasteiger partial charge in [0.15, 0.2) is 11.6 Å². The highest BCUT2D eigenvalue weighted by molar-refractivity contribution is 5.97. The van der Waals surface area contributed by atoms with Crippen molar-refractivity contribution in [2.24, 2.45) is 0 Å². The highest BCUT2D eigenvalue weighted by Crippen LogP contribution is 2.24. The van der Waals surface area contributed by atoms with Gasteiger partial charge in [-0.1, -0.05) is 41.6 Å². The van der Waals surface area contributed by atoms with Crippen molar-refractivity contribution in [3.05, 3.63) is 113 Å². The molecule has 3 N–H and O–H groups in total. The fourth-order valence-corrected chi connectivity index (χ4v) is 3.98. The van der Waals surface area contributed by atoms with Crippen molar-refractivity contribution >= 4 is 18.0 Å². The molecule has 0 saturated heterocycles. The number of hydrogen-bond donors (Lipinski definition) is 3. The summed E-state index contributed by atoms with van der Waals surface area (Å²) in [7, 11) is 0. The molecule has 0 saturated carbocycles. The van der Waals surface area contributed by atoms with Crippen LogP contribution in [0.5, 0.6) is 0 Å². The molecule has 1 aromatic heterocycles. The van der Waals surface area contributed by atoms with Crippen LogP contribution in [0.25, 0.3) is 11.3 Å². The average Bonchev–Trinajstić information content (AvgIpc) is 3.42. The van der Waals surface area contributed by atoms with Gasteiger partial charge in [-0.15, -0.1) is 0 Å². The van der Waals surface area contributed by atoms with Crippen LogP contribution >= 0.6 is 0 Å². The number of hydrogen-bond acceptors (Lipinski definition) is 6. The van der Waals surface area contributed by atoms with Gasteiger partial charge < -0.3 is 25.0 Å². The summed E-state index contributed by atoms with van der Waals surface area (Å²) in [5.41, 5.74) is 1.98. The third-order valence-electron chi connectivity index (χ3n) is 6.14. The molecule has 0 fully saturated rings. The van der Waals surface area contributed by atoms with Gasteiger partial charge in [0.05, 0.1) is 6.54 Å². The van der Waals surface area contributed by atoms with Crippen LogP contribution in [0.2, 0.25) is 0 Å². The van der Waals surface area contributed by atoms with Gasteiger partial charge in [0.1, 0.15) is 29.9 Å². The number of carboxylic acid groups (broad SMARTS) is 1. The van der Waals surface area contributed by atoms with Gasteiger partial charge in [0.25, 0.3) is 5.91 Å². The standard InChI is InChI=1S/C29H24F3N3O6/c1-16(21-4-2-3-5-22(21)30)41-29(39)33-14-20-15-40-35-26(20)18-7-9-19(10-8-18)27(36)34-25(28(37)38)13-17-6-11-23(31)24(32)12-17/h2-12,15-16,25H,13-14H2,1H3,(H,33,39)(H,34,36)(H,37,38). The normalized spacial score (nSPS) is 12.3. The number of nitrogens with one attached hydrogen (secondary N) is 2. The van der Waals surface area contributed by atoms with Gasteiger partial charge in [-0.25, -0.2) is 22.8 Å². The van der Waals surface area contributed by atoms with Crippen LogP contribution in [0.3, 0.4) is 0 Å². The number of ether oxygens (including phenoxy) is 1. The van der Waals surface area contributed by atoms with E-state index in [-0.39, 0.29) is 29.7 Å². The summed E-state index contributed by atoms with van der Waals surface area (Å²) >= 11 is 0. The number of carbonyl (C=O) groups excluding carboxylic acids is 2. The topological polar surface area (TPSA) is 131 Å². The molecule has 4 rings (SSSR count). The molecule has 0 spiro atoms. The van der Waals surface area contributed by atoms with Gasteiger partial charge in [0, 0.05) is 28.7 Å². The quantitative estimate of drug-likeness (QED) is 0.241. The van der Waals surface area contributed by atoms with E-state index in [2.05, 4.69) is 15.8 Å². The van der Waals surface area contributed by atoms with Crippen molar-refractivity contribution in [3.63, 3.8) is 0 Å². The maximum atomic E-state index is 13.9. The van der Waals surface area contributed by atoms with Crippen LogP contribution in [0.4, 0.5) is 18.0 Å². The van der Waals surface area contributed by atoms with E-state index < -0.39 is 47.6 Å². The number of alkyl carbamates (subject to hydrolysis) is 1. The minimum Gasteiger partial charge on any atom is -0.480 e. The SMILES string of the molecule is CC(OC(=O)NCc1conc1-c1ccc(C(=O)NC(Cc2ccc(F)c(F)c2)C(=O)O)cc1)c1ccccc1F. The summed E-state index contributed by atoms with van der Waals surface area (Å²) in [6, 6.07) is 13.6. The summed E-state index contributed by atoms with van der Waals surface area (Å²) in [5.74, 6) is -4.72. The van der Waals surface area contributed by atoms with E-state index in [1.807, 2.05) is 0 Å². The second kappa shape index (κ2) is 12.8. The van der Waals surface area contributed by atoms with E-state index in [1.54, 1.807) is 25.1 Å². The zero-order chi connectivity index (χ0) is 29.5. The lowest BCUT2D eigenvalue weighted by Gasteiger charge is -2.15. The number of carboxylic acids is 1. The third-order valence-corrected chi connectivity index (χ3v) is 6.14. The van der Waals surface area contributed by atoms with E-state index in [0.29, 0.717) is 16.8 Å². The Balaban J connectivity index is 1.36. The largest absolute Gasteiger partial charge is 0.480 e. The predicted molar refractivity (Wildman–Crippen MR) is 139 cm³/mol. The Bertz CT molecular complexity index is 1560. The van der Waals surface area contributed by atoms with Crippen molar-refractivity contribution in [1.82, 2.24) is 15.8 Å². The van der Waals surface area contributed by atoms with E-state index in [4.69, 9.17) is 9.26 Å². The molecule has 3 aromatic carbocycles. The molecule has 9 nitrogen and oxygen atoms in total. The lowest BCUT2D eigenvalue weighted by molar-refractivity contribution is -0.139. The number of amides is 2. The van der Waals surface area contributed by atoms with Gasteiger partial charge in [0.2, 0.25) is 0 Å². The first-order valence-electron chi connectivity index (χ1n) is 12.3. The molecular weight excluding hydrogens is 543 g/mol. The van der Waals surface area contributed by atoms with Crippen molar-refractivity contribution in [3.8, 4) is 11.3 Å². The van der Waals surface area contributed by atoms with Crippen LogP contribution in [0, 0.1) is 17.5 Å². The highest BCUT2D eigenvalue weighted by Gasteiger charge is 2.22. The van der Waals surface area contributed by atoms with E-state index >= 15 is 0 Å². The maximum Gasteiger partial charge on any atom is 0.408 e. The molecule has 2 unspecified atom stereocenters. The Morgan fingerprint density at radius 2 is 1.71 bits per heavy atom. The van der Waals surface area contributed by atoms with Gasteiger partial charge in [-0.3, -0.25) is 4.79 Å². The molecule has 12 heteroatoms. The number of aromatic nitrogens is 1. The molecule has 2 amide bonds. The minimum absolute atomic E-state index is 0.0197. The first-order chi connectivity index (χ1) is 19.6. The van der Waals surface area contributed by atoms with E-state index in [0.717, 1.165) is 12.1 Å². The minimum atomic E-state index is -1.39. The van der Waals surface area contributed by atoms with Crippen molar-refractivity contribution in [1.29, 1.82) is 0 Å². The Hall–Kier alpha value is -5.13. The van der Waals surface area contributed by atoms with Crippen LogP contribution in [0.15, 0.2) is 77.5 Å². The van der Waals surface area contributed by atoms with Gasteiger partial charge >= 0.3 is 12.1 Å². The first kappa shape index (κ1) is 28.9. The Kier molecular flexibility index (Phi) is 9.02. The maximum absolute atomic E-state index is 13.9. The summed E-state index contributed by atoms with van der Waals surface area (Å²) < 4.78 is 50.9. The van der Waals surface area contributed by atoms with Crippen molar-refractivity contribution in [2.45, 2.75) is 32.0 Å². The Labute approximate surface area is 231 Å². The smallest absolute Gasteiger partial charge is 0.408 e. The zero-order valence-corrected chi connectivity index (χ0v) is 21.6. The summed E-state index contributed by atoms with van der Waals surface area (Å²) in [6.07, 6.45) is -0.537. The molecule has 0 aliphatic carbocycles. The highest BCUT2D eigenvalue weighted by atomic mass is 19.2. The molecule has 0 bridgehead atoms. The summed E-state index contributed by atoms with van der Waals surface area (Å²) in [4.78, 5) is 36.6. The number of halogens is 3. The van der Waals surface area contributed by atoms with Crippen LogP contribution in [0.1, 0.15) is 40.1 Å². The van der Waals surface area contributed by atoms with Crippen LogP contribution in [-0.4, -0.2) is 34.3 Å². The number of benzene rings is 3. The van der Waals surface area contributed by atoms with Crippen LogP contribution in [-0.2, 0) is 22.5 Å². The molecule has 0 aliphatic rings. The Morgan fingerprint density at radius 1 is 0.976 bits per heavy atom. The second-order valence-corrected chi connectivity index (χ2v) is 9.01. The molecule has 1 heterocycles. The van der Waals surface area contributed by atoms with Crippen LogP contribution < -0.4 is 10.6 Å². The van der Waals surface area contributed by atoms with Crippen molar-refractivity contribution < 1.29 is 41.9 Å². The number of carbonyl (C=O) groups is 3. The van der Waals surface area contributed by atoms with Crippen molar-refractivity contribution in [2.75, 3.05) is 0 Å². The predicted octanol–water partition coefficient (Wildman–Crippen LogP) is 5.17. The first-order valence-corrected chi connectivity index (χ1v) is 12.3. The lowest BCUT2D eigenvalue weighted by atomic mass is 10.0. The molecule has 0 aliphatic heterocycles. The van der Waals surface area contributed by atoms with Gasteiger partial charge in [-0.05, 0) is 42.8 Å². The molecular formula is C29H24F3N3O6. The average molecular weight is 568 g/mol. The number of aliphatic carboxylic acids is 1. The summed E-state index contributed by atoms with van der Waals surface area (Å²) in [6.45, 7) is 1.52. The van der Waals surface area contributed by atoms with E-state index in [9.17, 15) is 32.7 Å². The fourth-order valence-electron chi connectivity index (χ4n) is 3.98. The molecule has 41 heavy (non-hydrogen) atoms. The summed E-state index contributed by atoms with van der Waals surface area (Å²) in [5, 5.41) is 18.4. The lowest BCUT2D eigenvalue weighted by Crippen LogP contribution is -2.42. The second-order valence-electron chi connectivity index (χ2n) is 9.01. The monoisotopic (exact) mass is 567 g/mol. The van der Waals surface area contributed by atoms with E-state index in [1.165, 1.54) is 42.7 Å². The zero-order valence-electron chi connectivity index (χ0n) is 21.6.